The van der Waals surface area contributed by atoms with E-state index in [-0.39, 0.29) is 5.54 Å². The highest BCUT2D eigenvalue weighted by molar-refractivity contribution is 5.12. The maximum Gasteiger partial charge on any atom is 0.108 e. The predicted octanol–water partition coefficient (Wildman–Crippen LogP) is 2.69. The lowest BCUT2D eigenvalue weighted by Crippen LogP contribution is -2.56. The number of ether oxygens (including phenoxy) is 1. The Labute approximate surface area is 129 Å². The molecule has 1 aliphatic heterocycles. The fraction of sp³-hybridized carbons (Fsp3) is 0.941. The molecule has 120 valence electrons. The summed E-state index contributed by atoms with van der Waals surface area (Å²) in [6.07, 6.45) is 7.11. The van der Waals surface area contributed by atoms with E-state index in [1.807, 2.05) is 0 Å². The average molecular weight is 293 g/mol. The molecule has 0 radical (unpaired) electrons. The molecule has 2 aliphatic rings. The summed E-state index contributed by atoms with van der Waals surface area (Å²) < 4.78 is 5.82. The molecule has 21 heavy (non-hydrogen) atoms. The van der Waals surface area contributed by atoms with Gasteiger partial charge in [0.1, 0.15) is 5.54 Å². The van der Waals surface area contributed by atoms with E-state index in [1.165, 1.54) is 19.3 Å². The van der Waals surface area contributed by atoms with Gasteiger partial charge >= 0.3 is 0 Å². The second-order valence-corrected chi connectivity index (χ2v) is 6.96. The minimum atomic E-state index is -0.324. The van der Waals surface area contributed by atoms with Gasteiger partial charge in [0.25, 0.3) is 0 Å². The predicted molar refractivity (Wildman–Crippen MR) is 85.1 cm³/mol. The number of hydrogen-bond donors (Lipinski definition) is 1. The van der Waals surface area contributed by atoms with Crippen molar-refractivity contribution in [1.29, 1.82) is 5.26 Å². The quantitative estimate of drug-likeness (QED) is 0.846. The molecule has 3 atom stereocenters. The van der Waals surface area contributed by atoms with Crippen molar-refractivity contribution in [1.82, 2.24) is 10.2 Å². The van der Waals surface area contributed by atoms with Gasteiger partial charge in [-0.3, -0.25) is 10.2 Å². The second-order valence-electron chi connectivity index (χ2n) is 6.96. The molecule has 2 fully saturated rings. The van der Waals surface area contributed by atoms with Crippen LogP contribution in [0.15, 0.2) is 0 Å². The number of nitriles is 1. The van der Waals surface area contributed by atoms with Gasteiger partial charge in [0.15, 0.2) is 0 Å². The Bertz CT molecular complexity index is 364. The van der Waals surface area contributed by atoms with E-state index in [2.05, 4.69) is 37.1 Å². The van der Waals surface area contributed by atoms with Crippen molar-refractivity contribution in [3.8, 4) is 6.07 Å². The van der Waals surface area contributed by atoms with E-state index >= 15 is 0 Å². The first-order chi connectivity index (χ1) is 10.1. The first kappa shape index (κ1) is 16.7. The largest absolute Gasteiger partial charge is 0.377 e. The molecule has 0 aromatic rings. The van der Waals surface area contributed by atoms with Crippen LogP contribution in [-0.2, 0) is 4.74 Å². The number of likely N-dealkylation sites (tertiary alicyclic amines) is 1. The van der Waals surface area contributed by atoms with E-state index in [0.29, 0.717) is 18.2 Å². The minimum absolute atomic E-state index is 0.324. The molecule has 0 bridgehead atoms. The van der Waals surface area contributed by atoms with Crippen LogP contribution in [0.4, 0.5) is 0 Å². The Morgan fingerprint density at radius 1 is 1.38 bits per heavy atom. The third-order valence-electron chi connectivity index (χ3n) is 4.83. The van der Waals surface area contributed by atoms with Gasteiger partial charge in [-0.2, -0.15) is 5.26 Å². The van der Waals surface area contributed by atoms with Crippen LogP contribution in [0.1, 0.15) is 59.3 Å². The van der Waals surface area contributed by atoms with Crippen molar-refractivity contribution >= 4 is 0 Å². The lowest BCUT2D eigenvalue weighted by molar-refractivity contribution is -0.0172. The number of rotatable bonds is 5. The summed E-state index contributed by atoms with van der Waals surface area (Å²) in [6.45, 7) is 9.36. The van der Waals surface area contributed by atoms with Gasteiger partial charge in [0.05, 0.1) is 12.2 Å². The van der Waals surface area contributed by atoms with Crippen LogP contribution in [0.3, 0.4) is 0 Å². The Hall–Kier alpha value is -0.630. The monoisotopic (exact) mass is 293 g/mol. The van der Waals surface area contributed by atoms with Crippen LogP contribution >= 0.6 is 0 Å². The third kappa shape index (κ3) is 4.42. The van der Waals surface area contributed by atoms with Gasteiger partial charge in [0.2, 0.25) is 0 Å². The van der Waals surface area contributed by atoms with Crippen LogP contribution in [0.2, 0.25) is 0 Å². The standard InChI is InChI=1S/C17H31N3O/c1-4-21-16-8-6-10-20(12-16)15-7-5-9-17(11-15,13-18)19-14(2)3/h14-16,19H,4-12H2,1-3H3. The average Bonchev–Trinajstić information content (AvgIpc) is 2.47. The highest BCUT2D eigenvalue weighted by atomic mass is 16.5. The van der Waals surface area contributed by atoms with E-state index in [9.17, 15) is 5.26 Å². The van der Waals surface area contributed by atoms with Gasteiger partial charge in [-0.05, 0) is 65.8 Å². The van der Waals surface area contributed by atoms with Crippen LogP contribution in [0, 0.1) is 11.3 Å². The Kier molecular flexibility index (Phi) is 6.04. The van der Waals surface area contributed by atoms with Crippen molar-refractivity contribution in [2.24, 2.45) is 0 Å². The smallest absolute Gasteiger partial charge is 0.108 e. The van der Waals surface area contributed by atoms with Crippen molar-refractivity contribution < 1.29 is 4.74 Å². The van der Waals surface area contributed by atoms with Crippen molar-refractivity contribution in [2.75, 3.05) is 19.7 Å². The molecule has 0 amide bonds. The SMILES string of the molecule is CCOC1CCCN(C2CCCC(C#N)(NC(C)C)C2)C1. The summed E-state index contributed by atoms with van der Waals surface area (Å²) >= 11 is 0. The van der Waals surface area contributed by atoms with E-state index < -0.39 is 0 Å². The molecule has 1 saturated carbocycles. The van der Waals surface area contributed by atoms with E-state index in [1.54, 1.807) is 0 Å². The zero-order valence-electron chi connectivity index (χ0n) is 13.9. The maximum absolute atomic E-state index is 9.69. The zero-order chi connectivity index (χ0) is 15.3. The molecule has 0 aromatic heterocycles. The Morgan fingerprint density at radius 2 is 2.19 bits per heavy atom. The molecule has 1 heterocycles. The Balaban J connectivity index is 1.98. The summed E-state index contributed by atoms with van der Waals surface area (Å²) in [5.74, 6) is 0. The zero-order valence-corrected chi connectivity index (χ0v) is 13.9. The summed E-state index contributed by atoms with van der Waals surface area (Å²) in [5, 5.41) is 13.2. The lowest BCUT2D eigenvalue weighted by atomic mass is 9.78. The van der Waals surface area contributed by atoms with Gasteiger partial charge in [-0.15, -0.1) is 0 Å². The normalized spacial score (nSPS) is 34.8. The van der Waals surface area contributed by atoms with Crippen molar-refractivity contribution in [2.45, 2.75) is 83.0 Å². The molecule has 1 aliphatic carbocycles. The third-order valence-corrected chi connectivity index (χ3v) is 4.83. The summed E-state index contributed by atoms with van der Waals surface area (Å²) in [4.78, 5) is 2.58. The molecule has 0 spiro atoms. The minimum Gasteiger partial charge on any atom is -0.377 e. The lowest BCUT2D eigenvalue weighted by Gasteiger charge is -2.45. The van der Waals surface area contributed by atoms with Crippen LogP contribution in [0.25, 0.3) is 0 Å². The first-order valence-corrected chi connectivity index (χ1v) is 8.63. The number of nitrogens with zero attached hydrogens (tertiary/aromatic N) is 2. The van der Waals surface area contributed by atoms with Gasteiger partial charge in [-0.1, -0.05) is 0 Å². The first-order valence-electron chi connectivity index (χ1n) is 8.63. The van der Waals surface area contributed by atoms with Crippen LogP contribution in [-0.4, -0.2) is 48.3 Å². The molecule has 2 rings (SSSR count). The molecular formula is C17H31N3O. The molecule has 4 nitrogen and oxygen atoms in total. The number of piperidine rings is 1. The van der Waals surface area contributed by atoms with Crippen molar-refractivity contribution in [3.63, 3.8) is 0 Å². The van der Waals surface area contributed by atoms with Crippen LogP contribution in [0.5, 0.6) is 0 Å². The van der Waals surface area contributed by atoms with Gasteiger partial charge in [-0.25, -0.2) is 0 Å². The van der Waals surface area contributed by atoms with Gasteiger partial charge < -0.3 is 4.74 Å². The fourth-order valence-corrected chi connectivity index (χ4v) is 4.04. The molecule has 3 unspecified atom stereocenters. The van der Waals surface area contributed by atoms with E-state index in [0.717, 1.165) is 39.0 Å². The van der Waals surface area contributed by atoms with Gasteiger partial charge in [0, 0.05) is 25.2 Å². The second kappa shape index (κ2) is 7.58. The molecule has 1 N–H and O–H groups in total. The molecule has 1 saturated heterocycles. The summed E-state index contributed by atoms with van der Waals surface area (Å²) in [5.41, 5.74) is -0.324. The Morgan fingerprint density at radius 3 is 2.86 bits per heavy atom. The highest BCUT2D eigenvalue weighted by Gasteiger charge is 2.39. The summed E-state index contributed by atoms with van der Waals surface area (Å²) in [7, 11) is 0. The topological polar surface area (TPSA) is 48.3 Å². The highest BCUT2D eigenvalue weighted by Crippen LogP contribution is 2.33. The fourth-order valence-electron chi connectivity index (χ4n) is 4.04. The molecule has 0 aromatic carbocycles. The molecule has 4 heteroatoms. The summed E-state index contributed by atoms with van der Waals surface area (Å²) in [6, 6.07) is 3.48. The van der Waals surface area contributed by atoms with Crippen molar-refractivity contribution in [3.05, 3.63) is 0 Å². The number of nitrogens with one attached hydrogen (secondary N) is 1. The van der Waals surface area contributed by atoms with E-state index in [4.69, 9.17) is 4.74 Å². The number of hydrogen-bond acceptors (Lipinski definition) is 4. The van der Waals surface area contributed by atoms with Crippen LogP contribution < -0.4 is 5.32 Å². The molecular weight excluding hydrogens is 262 g/mol. The maximum atomic E-state index is 9.69.